The van der Waals surface area contributed by atoms with Crippen molar-refractivity contribution >= 4 is 17.4 Å². The molecule has 1 aromatic rings. The third-order valence-electron chi connectivity index (χ3n) is 3.33. The number of aromatic nitrogens is 1. The summed E-state index contributed by atoms with van der Waals surface area (Å²) in [5, 5.41) is 8.90. The second kappa shape index (κ2) is 10.6. The molecule has 2 amide bonds. The van der Waals surface area contributed by atoms with Crippen LogP contribution >= 0.6 is 11.3 Å². The highest BCUT2D eigenvalue weighted by atomic mass is 32.1. The first-order valence-corrected chi connectivity index (χ1v) is 8.88. The summed E-state index contributed by atoms with van der Waals surface area (Å²) in [6.45, 7) is 7.93. The first-order valence-electron chi connectivity index (χ1n) is 8.00. The summed E-state index contributed by atoms with van der Waals surface area (Å²) in [5.74, 6) is 0.801. The Kier molecular flexibility index (Phi) is 9.06. The van der Waals surface area contributed by atoms with E-state index in [1.165, 1.54) is 25.7 Å². The van der Waals surface area contributed by atoms with Crippen molar-refractivity contribution in [3.05, 3.63) is 16.1 Å². The summed E-state index contributed by atoms with van der Waals surface area (Å²) < 4.78 is 0. The van der Waals surface area contributed by atoms with Crippen LogP contribution in [-0.4, -0.2) is 24.1 Å². The number of urea groups is 1. The highest BCUT2D eigenvalue weighted by Gasteiger charge is 2.01. The Morgan fingerprint density at radius 1 is 1.19 bits per heavy atom. The summed E-state index contributed by atoms with van der Waals surface area (Å²) in [6, 6.07) is -0.0656. The maximum Gasteiger partial charge on any atom is 0.314 e. The maximum absolute atomic E-state index is 11.6. The third kappa shape index (κ3) is 9.45. The molecule has 0 radical (unpaired) electrons. The molecule has 0 bridgehead atoms. The van der Waals surface area contributed by atoms with Crippen LogP contribution in [0.3, 0.4) is 0 Å². The molecule has 0 fully saturated rings. The zero-order chi connectivity index (χ0) is 15.5. The van der Waals surface area contributed by atoms with E-state index >= 15 is 0 Å². The minimum absolute atomic E-state index is 0.0656. The van der Waals surface area contributed by atoms with Crippen LogP contribution in [0.4, 0.5) is 4.79 Å². The first kappa shape index (κ1) is 18.0. The van der Waals surface area contributed by atoms with Gasteiger partial charge in [0.05, 0.1) is 10.7 Å². The number of hydrogen-bond donors (Lipinski definition) is 2. The molecule has 0 atom stereocenters. The van der Waals surface area contributed by atoms with E-state index in [1.807, 2.05) is 12.3 Å². The van der Waals surface area contributed by atoms with Crippen molar-refractivity contribution in [2.75, 3.05) is 13.1 Å². The van der Waals surface area contributed by atoms with Gasteiger partial charge in [0.25, 0.3) is 0 Å². The standard InChI is InChI=1S/C16H29N3OS/c1-13(2)8-6-4-5-7-10-17-16(20)18-11-9-15-12-21-14(3)19-15/h12-13H,4-11H2,1-3H3,(H2,17,18,20). The van der Waals surface area contributed by atoms with E-state index in [2.05, 4.69) is 29.5 Å². The van der Waals surface area contributed by atoms with Gasteiger partial charge in [0.2, 0.25) is 0 Å². The van der Waals surface area contributed by atoms with Gasteiger partial charge in [-0.1, -0.05) is 39.5 Å². The lowest BCUT2D eigenvalue weighted by atomic mass is 10.0. The Morgan fingerprint density at radius 3 is 2.57 bits per heavy atom. The minimum atomic E-state index is -0.0656. The van der Waals surface area contributed by atoms with Crippen LogP contribution in [-0.2, 0) is 6.42 Å². The Morgan fingerprint density at radius 2 is 1.90 bits per heavy atom. The third-order valence-corrected chi connectivity index (χ3v) is 4.15. The summed E-state index contributed by atoms with van der Waals surface area (Å²) in [5.41, 5.74) is 1.06. The number of carbonyl (C=O) groups is 1. The van der Waals surface area contributed by atoms with E-state index in [-0.39, 0.29) is 6.03 Å². The number of thiazole rings is 1. The normalized spacial score (nSPS) is 10.9. The van der Waals surface area contributed by atoms with Crippen molar-refractivity contribution in [3.8, 4) is 0 Å². The zero-order valence-corrected chi connectivity index (χ0v) is 14.4. The van der Waals surface area contributed by atoms with Crippen molar-refractivity contribution in [1.82, 2.24) is 15.6 Å². The lowest BCUT2D eigenvalue weighted by Crippen LogP contribution is -2.37. The quantitative estimate of drug-likeness (QED) is 0.644. The number of hydrogen-bond acceptors (Lipinski definition) is 3. The van der Waals surface area contributed by atoms with Gasteiger partial charge in [0, 0.05) is 24.9 Å². The van der Waals surface area contributed by atoms with E-state index in [9.17, 15) is 4.79 Å². The van der Waals surface area contributed by atoms with Gasteiger partial charge < -0.3 is 10.6 Å². The van der Waals surface area contributed by atoms with Gasteiger partial charge in [-0.25, -0.2) is 9.78 Å². The molecule has 4 nitrogen and oxygen atoms in total. The van der Waals surface area contributed by atoms with E-state index in [0.717, 1.165) is 36.0 Å². The van der Waals surface area contributed by atoms with Gasteiger partial charge in [0.1, 0.15) is 0 Å². The van der Waals surface area contributed by atoms with Crippen LogP contribution in [0, 0.1) is 12.8 Å². The molecule has 21 heavy (non-hydrogen) atoms. The number of nitrogens with one attached hydrogen (secondary N) is 2. The molecule has 0 aliphatic heterocycles. The van der Waals surface area contributed by atoms with Gasteiger partial charge in [-0.05, 0) is 19.3 Å². The van der Waals surface area contributed by atoms with E-state index in [4.69, 9.17) is 0 Å². The monoisotopic (exact) mass is 311 g/mol. The smallest absolute Gasteiger partial charge is 0.314 e. The van der Waals surface area contributed by atoms with Crippen LogP contribution in [0.5, 0.6) is 0 Å². The number of unbranched alkanes of at least 4 members (excludes halogenated alkanes) is 3. The number of nitrogens with zero attached hydrogens (tertiary/aromatic N) is 1. The summed E-state index contributed by atoms with van der Waals surface area (Å²) in [4.78, 5) is 15.9. The fourth-order valence-corrected chi connectivity index (χ4v) is 2.77. The molecule has 1 rings (SSSR count). The summed E-state index contributed by atoms with van der Waals surface area (Å²) in [7, 11) is 0. The van der Waals surface area contributed by atoms with Crippen molar-refractivity contribution < 1.29 is 4.79 Å². The van der Waals surface area contributed by atoms with Gasteiger partial charge in [-0.2, -0.15) is 0 Å². The minimum Gasteiger partial charge on any atom is -0.338 e. The second-order valence-corrected chi connectivity index (χ2v) is 6.95. The van der Waals surface area contributed by atoms with E-state index in [1.54, 1.807) is 11.3 Å². The number of amides is 2. The molecule has 0 spiro atoms. The van der Waals surface area contributed by atoms with E-state index in [0.29, 0.717) is 6.54 Å². The fraction of sp³-hybridized carbons (Fsp3) is 0.750. The molecule has 0 aliphatic rings. The molecule has 5 heteroatoms. The molecule has 0 aromatic carbocycles. The van der Waals surface area contributed by atoms with Crippen LogP contribution in [0.15, 0.2) is 5.38 Å². The van der Waals surface area contributed by atoms with Gasteiger partial charge in [-0.15, -0.1) is 11.3 Å². The number of carbonyl (C=O) groups excluding carboxylic acids is 1. The maximum atomic E-state index is 11.6. The average Bonchev–Trinajstić information content (AvgIpc) is 2.83. The van der Waals surface area contributed by atoms with Crippen LogP contribution in [0.1, 0.15) is 56.7 Å². The Labute approximate surface area is 132 Å². The van der Waals surface area contributed by atoms with Crippen LogP contribution in [0.25, 0.3) is 0 Å². The van der Waals surface area contributed by atoms with Crippen molar-refractivity contribution in [2.45, 2.75) is 59.3 Å². The topological polar surface area (TPSA) is 54.0 Å². The highest BCUT2D eigenvalue weighted by Crippen LogP contribution is 2.09. The molecular weight excluding hydrogens is 282 g/mol. The lowest BCUT2D eigenvalue weighted by Gasteiger charge is -2.07. The largest absolute Gasteiger partial charge is 0.338 e. The van der Waals surface area contributed by atoms with Gasteiger partial charge >= 0.3 is 6.03 Å². The Balaban J connectivity index is 1.92. The molecule has 1 heterocycles. The lowest BCUT2D eigenvalue weighted by molar-refractivity contribution is 0.241. The second-order valence-electron chi connectivity index (χ2n) is 5.89. The summed E-state index contributed by atoms with van der Waals surface area (Å²) >= 11 is 1.65. The molecule has 0 saturated heterocycles. The zero-order valence-electron chi connectivity index (χ0n) is 13.6. The number of rotatable bonds is 10. The molecule has 0 aliphatic carbocycles. The predicted molar refractivity (Wildman–Crippen MR) is 89.9 cm³/mol. The molecule has 0 saturated carbocycles. The Hall–Kier alpha value is -1.10. The van der Waals surface area contributed by atoms with Crippen LogP contribution in [0.2, 0.25) is 0 Å². The first-order chi connectivity index (χ1) is 10.1. The average molecular weight is 311 g/mol. The Bertz CT molecular complexity index is 404. The molecule has 120 valence electrons. The number of aryl methyl sites for hydroxylation is 1. The molecular formula is C16H29N3OS. The molecule has 1 aromatic heterocycles. The van der Waals surface area contributed by atoms with Gasteiger partial charge in [0.15, 0.2) is 0 Å². The van der Waals surface area contributed by atoms with E-state index < -0.39 is 0 Å². The van der Waals surface area contributed by atoms with Crippen LogP contribution < -0.4 is 10.6 Å². The summed E-state index contributed by atoms with van der Waals surface area (Å²) in [6.07, 6.45) is 6.94. The van der Waals surface area contributed by atoms with Crippen molar-refractivity contribution in [1.29, 1.82) is 0 Å². The fourth-order valence-electron chi connectivity index (χ4n) is 2.12. The van der Waals surface area contributed by atoms with Crippen molar-refractivity contribution in [3.63, 3.8) is 0 Å². The highest BCUT2D eigenvalue weighted by molar-refractivity contribution is 7.09. The molecule has 2 N–H and O–H groups in total. The van der Waals surface area contributed by atoms with Gasteiger partial charge in [-0.3, -0.25) is 0 Å². The molecule has 0 unspecified atom stereocenters. The van der Waals surface area contributed by atoms with Crippen molar-refractivity contribution in [2.24, 2.45) is 5.92 Å². The SMILES string of the molecule is Cc1nc(CCNC(=O)NCCCCCCC(C)C)cs1. The predicted octanol–water partition coefficient (Wildman–Crippen LogP) is 3.90.